The van der Waals surface area contributed by atoms with E-state index in [0.717, 1.165) is 24.6 Å². The molecule has 1 saturated heterocycles. The Bertz CT molecular complexity index is 765. The van der Waals surface area contributed by atoms with Gasteiger partial charge in [-0.2, -0.15) is 4.98 Å². The lowest BCUT2D eigenvalue weighted by Gasteiger charge is -2.28. The molecule has 9 heteroatoms. The molecule has 0 spiro atoms. The van der Waals surface area contributed by atoms with E-state index in [-0.39, 0.29) is 11.8 Å². The number of rotatable bonds is 6. The number of halogens is 1. The first-order valence-electron chi connectivity index (χ1n) is 8.83. The summed E-state index contributed by atoms with van der Waals surface area (Å²) in [5.41, 5.74) is 1.40. The lowest BCUT2D eigenvalue weighted by Crippen LogP contribution is -2.37. The van der Waals surface area contributed by atoms with Crippen molar-refractivity contribution in [3.63, 3.8) is 0 Å². The summed E-state index contributed by atoms with van der Waals surface area (Å²) in [6, 6.07) is 7.17. The molecule has 2 aromatic rings. The van der Waals surface area contributed by atoms with E-state index in [1.54, 1.807) is 0 Å². The second-order valence-electron chi connectivity index (χ2n) is 6.11. The molecule has 144 valence electrons. The average molecular weight is 374 g/mol. The van der Waals surface area contributed by atoms with Gasteiger partial charge in [-0.25, -0.2) is 14.2 Å². The molecule has 0 radical (unpaired) electrons. The van der Waals surface area contributed by atoms with Crippen molar-refractivity contribution in [2.75, 3.05) is 54.9 Å². The summed E-state index contributed by atoms with van der Waals surface area (Å²) in [6.07, 6.45) is 0. The number of benzene rings is 1. The fraction of sp³-hybridized carbons (Fsp3) is 0.389. The second-order valence-corrected chi connectivity index (χ2v) is 6.11. The number of amides is 2. The second kappa shape index (κ2) is 9.13. The number of aromatic nitrogens is 2. The highest BCUT2D eigenvalue weighted by atomic mass is 19.1. The van der Waals surface area contributed by atoms with Gasteiger partial charge in [-0.1, -0.05) is 0 Å². The van der Waals surface area contributed by atoms with Crippen molar-refractivity contribution >= 4 is 23.5 Å². The maximum Gasteiger partial charge on any atom is 0.319 e. The molecule has 1 aliphatic heterocycles. The molecule has 3 N–H and O–H groups in total. The molecule has 0 bridgehead atoms. The van der Waals surface area contributed by atoms with Crippen LogP contribution in [-0.2, 0) is 4.74 Å². The van der Waals surface area contributed by atoms with Crippen LogP contribution in [0.3, 0.4) is 0 Å². The van der Waals surface area contributed by atoms with Crippen LogP contribution in [0.2, 0.25) is 0 Å². The predicted octanol–water partition coefficient (Wildman–Crippen LogP) is 1.99. The molecule has 1 fully saturated rings. The van der Waals surface area contributed by atoms with E-state index in [2.05, 4.69) is 30.8 Å². The van der Waals surface area contributed by atoms with Gasteiger partial charge in [0.05, 0.1) is 13.2 Å². The highest BCUT2D eigenvalue weighted by molar-refractivity contribution is 5.89. The minimum absolute atomic E-state index is 0.347. The average Bonchev–Trinajstić information content (AvgIpc) is 2.67. The number of nitrogens with one attached hydrogen (secondary N) is 3. The number of nitrogens with zero attached hydrogens (tertiary/aromatic N) is 3. The predicted molar refractivity (Wildman–Crippen MR) is 102 cm³/mol. The summed E-state index contributed by atoms with van der Waals surface area (Å²) in [5.74, 6) is 1.05. The van der Waals surface area contributed by atoms with Gasteiger partial charge in [-0.15, -0.1) is 0 Å². The van der Waals surface area contributed by atoms with Crippen LogP contribution < -0.4 is 20.9 Å². The maximum absolute atomic E-state index is 12.9. The van der Waals surface area contributed by atoms with Gasteiger partial charge in [-0.3, -0.25) is 0 Å². The zero-order valence-electron chi connectivity index (χ0n) is 15.2. The zero-order valence-corrected chi connectivity index (χ0v) is 15.2. The minimum atomic E-state index is -0.359. The number of hydrogen-bond donors (Lipinski definition) is 3. The van der Waals surface area contributed by atoms with Crippen molar-refractivity contribution in [3.05, 3.63) is 41.8 Å². The fourth-order valence-electron chi connectivity index (χ4n) is 2.64. The van der Waals surface area contributed by atoms with Gasteiger partial charge in [0.15, 0.2) is 0 Å². The third kappa shape index (κ3) is 5.78. The van der Waals surface area contributed by atoms with Gasteiger partial charge >= 0.3 is 6.03 Å². The highest BCUT2D eigenvalue weighted by Gasteiger charge is 2.14. The first-order chi connectivity index (χ1) is 13.1. The number of carbonyl (C=O) groups is 1. The number of ether oxygens (including phenoxy) is 1. The number of aryl methyl sites for hydroxylation is 1. The van der Waals surface area contributed by atoms with E-state index < -0.39 is 0 Å². The first kappa shape index (κ1) is 18.8. The molecular formula is C18H23FN6O2. The van der Waals surface area contributed by atoms with Gasteiger partial charge in [0.25, 0.3) is 0 Å². The van der Waals surface area contributed by atoms with Crippen LogP contribution in [0, 0.1) is 12.7 Å². The number of morpholine rings is 1. The molecule has 0 saturated carbocycles. The van der Waals surface area contributed by atoms with Crippen LogP contribution in [0.25, 0.3) is 0 Å². The SMILES string of the molecule is Cc1cc(N2CCOCC2)nc(NCCNC(=O)Nc2ccc(F)cc2)n1. The standard InChI is InChI=1S/C18H23FN6O2/c1-13-12-16(25-8-10-27-11-9-25)24-17(22-13)20-6-7-21-18(26)23-15-4-2-14(19)3-5-15/h2-5,12H,6-11H2,1H3,(H,20,22,24)(H2,21,23,26). The molecule has 27 heavy (non-hydrogen) atoms. The van der Waals surface area contributed by atoms with Gasteiger partial charge in [0, 0.05) is 43.6 Å². The van der Waals surface area contributed by atoms with E-state index in [4.69, 9.17) is 4.74 Å². The molecule has 3 rings (SSSR count). The number of urea groups is 1. The van der Waals surface area contributed by atoms with Gasteiger partial charge in [0.1, 0.15) is 11.6 Å². The summed E-state index contributed by atoms with van der Waals surface area (Å²) < 4.78 is 18.2. The summed E-state index contributed by atoms with van der Waals surface area (Å²) in [7, 11) is 0. The van der Waals surface area contributed by atoms with Crippen molar-refractivity contribution in [1.82, 2.24) is 15.3 Å². The Hall–Kier alpha value is -2.94. The van der Waals surface area contributed by atoms with Crippen LogP contribution in [0.1, 0.15) is 5.69 Å². The normalized spacial score (nSPS) is 13.9. The number of hydrogen-bond acceptors (Lipinski definition) is 6. The monoisotopic (exact) mass is 374 g/mol. The van der Waals surface area contributed by atoms with E-state index in [1.165, 1.54) is 24.3 Å². The Morgan fingerprint density at radius 1 is 1.19 bits per heavy atom. The Labute approximate surface area is 157 Å². The highest BCUT2D eigenvalue weighted by Crippen LogP contribution is 2.16. The van der Waals surface area contributed by atoms with Gasteiger partial charge in [0.2, 0.25) is 5.95 Å². The smallest absolute Gasteiger partial charge is 0.319 e. The summed E-state index contributed by atoms with van der Waals surface area (Å²) in [4.78, 5) is 22.9. The van der Waals surface area contributed by atoms with Crippen LogP contribution in [0.4, 0.5) is 26.6 Å². The molecule has 0 aliphatic carbocycles. The molecule has 1 aromatic carbocycles. The van der Waals surface area contributed by atoms with Crippen molar-refractivity contribution in [3.8, 4) is 0 Å². The van der Waals surface area contributed by atoms with E-state index in [0.29, 0.717) is 37.9 Å². The molecule has 2 heterocycles. The minimum Gasteiger partial charge on any atom is -0.378 e. The van der Waals surface area contributed by atoms with Gasteiger partial charge in [-0.05, 0) is 31.2 Å². The largest absolute Gasteiger partial charge is 0.378 e. The summed E-state index contributed by atoms with van der Waals surface area (Å²) >= 11 is 0. The Balaban J connectivity index is 1.45. The van der Waals surface area contributed by atoms with E-state index in [9.17, 15) is 9.18 Å². The molecule has 1 aliphatic rings. The van der Waals surface area contributed by atoms with Crippen molar-refractivity contribution < 1.29 is 13.9 Å². The molecule has 2 amide bonds. The lowest BCUT2D eigenvalue weighted by atomic mass is 10.3. The molecule has 0 atom stereocenters. The maximum atomic E-state index is 12.9. The quantitative estimate of drug-likeness (QED) is 0.670. The zero-order chi connectivity index (χ0) is 19.1. The molecule has 1 aromatic heterocycles. The van der Waals surface area contributed by atoms with Crippen LogP contribution in [0.5, 0.6) is 0 Å². The van der Waals surface area contributed by atoms with Crippen molar-refractivity contribution in [2.24, 2.45) is 0 Å². The molecule has 8 nitrogen and oxygen atoms in total. The van der Waals surface area contributed by atoms with Crippen LogP contribution in [0.15, 0.2) is 30.3 Å². The van der Waals surface area contributed by atoms with Crippen molar-refractivity contribution in [1.29, 1.82) is 0 Å². The Kier molecular flexibility index (Phi) is 6.37. The third-order valence-electron chi connectivity index (χ3n) is 3.97. The van der Waals surface area contributed by atoms with E-state index >= 15 is 0 Å². The summed E-state index contributed by atoms with van der Waals surface area (Å²) in [6.45, 7) is 5.78. The Morgan fingerprint density at radius 3 is 2.67 bits per heavy atom. The van der Waals surface area contributed by atoms with Crippen LogP contribution in [-0.4, -0.2) is 55.4 Å². The number of carbonyl (C=O) groups excluding carboxylic acids is 1. The third-order valence-corrected chi connectivity index (χ3v) is 3.97. The summed E-state index contributed by atoms with van der Waals surface area (Å²) in [5, 5.41) is 8.47. The van der Waals surface area contributed by atoms with Gasteiger partial charge < -0.3 is 25.6 Å². The lowest BCUT2D eigenvalue weighted by molar-refractivity contribution is 0.122. The van der Waals surface area contributed by atoms with Crippen LogP contribution >= 0.6 is 0 Å². The topological polar surface area (TPSA) is 91.4 Å². The van der Waals surface area contributed by atoms with Crippen molar-refractivity contribution in [2.45, 2.75) is 6.92 Å². The number of anilines is 3. The molecule has 0 unspecified atom stereocenters. The molecular weight excluding hydrogens is 351 g/mol. The van der Waals surface area contributed by atoms with E-state index in [1.807, 2.05) is 13.0 Å². The Morgan fingerprint density at radius 2 is 1.93 bits per heavy atom. The first-order valence-corrected chi connectivity index (χ1v) is 8.83. The fourth-order valence-corrected chi connectivity index (χ4v) is 2.64.